The van der Waals surface area contributed by atoms with Gasteiger partial charge in [0, 0.05) is 13.1 Å². The Balaban J connectivity index is 2.11. The van der Waals surface area contributed by atoms with E-state index in [9.17, 15) is 4.79 Å². The summed E-state index contributed by atoms with van der Waals surface area (Å²) in [6, 6.07) is -0.00532. The Morgan fingerprint density at radius 2 is 2.19 bits per heavy atom. The fraction of sp³-hybridized carbons (Fsp3) is 0.333. The summed E-state index contributed by atoms with van der Waals surface area (Å²) in [4.78, 5) is 13.9. The summed E-state index contributed by atoms with van der Waals surface area (Å²) < 4.78 is 3.43. The molecule has 1 aromatic rings. The standard InChI is InChI=1S/C12H16N3O/c1-10-4-5-14(8-11(10)2)12(16)15-7-6-13(3)9-15/h6-7,9H,1-2,4-5,8H2,3H3/q+1. The Bertz CT molecular complexity index is 459. The van der Waals surface area contributed by atoms with Crippen LogP contribution in [0.5, 0.6) is 0 Å². The number of aryl methyl sites for hydroxylation is 1. The zero-order valence-electron chi connectivity index (χ0n) is 9.52. The normalized spacial score (nSPS) is 16.7. The monoisotopic (exact) mass is 218 g/mol. The molecular formula is C12H16N3O+. The third-order valence-electron chi connectivity index (χ3n) is 2.83. The summed E-state index contributed by atoms with van der Waals surface area (Å²) in [6.07, 6.45) is 6.18. The van der Waals surface area contributed by atoms with Crippen molar-refractivity contribution < 1.29 is 9.36 Å². The van der Waals surface area contributed by atoms with Gasteiger partial charge in [-0.1, -0.05) is 13.2 Å². The fourth-order valence-electron chi connectivity index (χ4n) is 1.76. The minimum Gasteiger partial charge on any atom is -0.300 e. The van der Waals surface area contributed by atoms with Gasteiger partial charge in [-0.3, -0.25) is 4.90 Å². The van der Waals surface area contributed by atoms with Gasteiger partial charge in [0.25, 0.3) is 6.33 Å². The minimum absolute atomic E-state index is 0.00532. The molecule has 1 amide bonds. The molecule has 0 atom stereocenters. The molecule has 16 heavy (non-hydrogen) atoms. The van der Waals surface area contributed by atoms with Crippen LogP contribution >= 0.6 is 0 Å². The quantitative estimate of drug-likeness (QED) is 0.599. The van der Waals surface area contributed by atoms with Gasteiger partial charge in [0.1, 0.15) is 12.4 Å². The molecule has 0 aliphatic carbocycles. The molecule has 0 N–H and O–H groups in total. The molecular weight excluding hydrogens is 202 g/mol. The van der Waals surface area contributed by atoms with E-state index in [0.29, 0.717) is 6.54 Å². The second kappa shape index (κ2) is 3.96. The maximum atomic E-state index is 12.1. The van der Waals surface area contributed by atoms with Crippen molar-refractivity contribution in [2.75, 3.05) is 13.1 Å². The topological polar surface area (TPSA) is 29.1 Å². The molecule has 0 aromatic carbocycles. The minimum atomic E-state index is -0.00532. The van der Waals surface area contributed by atoms with Crippen LogP contribution in [0.25, 0.3) is 0 Å². The van der Waals surface area contributed by atoms with Crippen molar-refractivity contribution >= 4 is 6.03 Å². The molecule has 1 fully saturated rings. The molecule has 4 heteroatoms. The van der Waals surface area contributed by atoms with Crippen molar-refractivity contribution in [3.8, 4) is 0 Å². The third-order valence-corrected chi connectivity index (χ3v) is 2.83. The maximum absolute atomic E-state index is 12.1. The van der Waals surface area contributed by atoms with Gasteiger partial charge >= 0.3 is 6.03 Å². The van der Waals surface area contributed by atoms with Crippen LogP contribution in [-0.2, 0) is 7.05 Å². The van der Waals surface area contributed by atoms with Crippen molar-refractivity contribution in [3.05, 3.63) is 43.0 Å². The fourth-order valence-corrected chi connectivity index (χ4v) is 1.76. The SMILES string of the molecule is C=C1CCN(C(=O)n2cc[n+](C)c2)CC1=C. The van der Waals surface area contributed by atoms with E-state index >= 15 is 0 Å². The number of hydrogen-bond acceptors (Lipinski definition) is 1. The number of carbonyl (C=O) groups excluding carboxylic acids is 1. The van der Waals surface area contributed by atoms with Gasteiger partial charge in [-0.2, -0.15) is 4.57 Å². The number of amides is 1. The molecule has 0 spiro atoms. The van der Waals surface area contributed by atoms with E-state index in [1.165, 1.54) is 0 Å². The predicted molar refractivity (Wildman–Crippen MR) is 60.9 cm³/mol. The number of nitrogens with zero attached hydrogens (tertiary/aromatic N) is 3. The highest BCUT2D eigenvalue weighted by atomic mass is 16.2. The molecule has 0 saturated carbocycles. The second-order valence-corrected chi connectivity index (χ2v) is 4.15. The second-order valence-electron chi connectivity index (χ2n) is 4.15. The first-order valence-corrected chi connectivity index (χ1v) is 5.26. The number of likely N-dealkylation sites (tertiary alicyclic amines) is 1. The summed E-state index contributed by atoms with van der Waals surface area (Å²) in [6.45, 7) is 9.14. The van der Waals surface area contributed by atoms with Gasteiger partial charge in [-0.15, -0.1) is 0 Å². The first-order chi connectivity index (χ1) is 7.58. The molecule has 0 radical (unpaired) electrons. The Labute approximate surface area is 95.1 Å². The first-order valence-electron chi connectivity index (χ1n) is 5.26. The van der Waals surface area contributed by atoms with Crippen LogP contribution in [0.1, 0.15) is 6.42 Å². The molecule has 0 bridgehead atoms. The van der Waals surface area contributed by atoms with Gasteiger partial charge < -0.3 is 0 Å². The first kappa shape index (κ1) is 10.7. The molecule has 1 saturated heterocycles. The molecule has 2 rings (SSSR count). The van der Waals surface area contributed by atoms with E-state index in [0.717, 1.165) is 24.1 Å². The van der Waals surface area contributed by atoms with Gasteiger partial charge in [0.15, 0.2) is 0 Å². The van der Waals surface area contributed by atoms with E-state index in [1.54, 1.807) is 22.0 Å². The predicted octanol–water partition coefficient (Wildman–Crippen LogP) is 1.10. The van der Waals surface area contributed by atoms with Crippen molar-refractivity contribution in [1.82, 2.24) is 9.47 Å². The van der Waals surface area contributed by atoms with E-state index in [4.69, 9.17) is 0 Å². The number of aromatic nitrogens is 2. The number of imidazole rings is 1. The number of rotatable bonds is 0. The Hall–Kier alpha value is -1.84. The molecule has 1 aliphatic heterocycles. The average molecular weight is 218 g/mol. The van der Waals surface area contributed by atoms with Crippen molar-refractivity contribution in [3.63, 3.8) is 0 Å². The van der Waals surface area contributed by atoms with Crippen molar-refractivity contribution in [2.24, 2.45) is 7.05 Å². The smallest absolute Gasteiger partial charge is 0.300 e. The lowest BCUT2D eigenvalue weighted by molar-refractivity contribution is -0.670. The summed E-state index contributed by atoms with van der Waals surface area (Å²) in [5.74, 6) is 0. The van der Waals surface area contributed by atoms with Crippen LogP contribution in [-0.4, -0.2) is 28.6 Å². The molecule has 1 aliphatic rings. The van der Waals surface area contributed by atoms with Crippen LogP contribution in [0.2, 0.25) is 0 Å². The molecule has 1 aromatic heterocycles. The third kappa shape index (κ3) is 1.91. The molecule has 84 valence electrons. The molecule has 4 nitrogen and oxygen atoms in total. The molecule has 2 heterocycles. The maximum Gasteiger partial charge on any atom is 0.416 e. The van der Waals surface area contributed by atoms with Gasteiger partial charge in [-0.25, -0.2) is 9.36 Å². The van der Waals surface area contributed by atoms with Gasteiger partial charge in [0.05, 0.1) is 7.05 Å². The Morgan fingerprint density at radius 1 is 1.44 bits per heavy atom. The zero-order valence-corrected chi connectivity index (χ0v) is 9.52. The van der Waals surface area contributed by atoms with E-state index < -0.39 is 0 Å². The van der Waals surface area contributed by atoms with E-state index in [-0.39, 0.29) is 6.03 Å². The van der Waals surface area contributed by atoms with Gasteiger partial charge in [0.2, 0.25) is 0 Å². The summed E-state index contributed by atoms with van der Waals surface area (Å²) in [5, 5.41) is 0. The van der Waals surface area contributed by atoms with E-state index in [1.807, 2.05) is 17.8 Å². The van der Waals surface area contributed by atoms with Crippen LogP contribution in [0.15, 0.2) is 43.0 Å². The summed E-state index contributed by atoms with van der Waals surface area (Å²) in [7, 11) is 1.89. The highest BCUT2D eigenvalue weighted by molar-refractivity contribution is 5.77. The lowest BCUT2D eigenvalue weighted by Gasteiger charge is -2.27. The molecule has 0 unspecified atom stereocenters. The van der Waals surface area contributed by atoms with Crippen molar-refractivity contribution in [2.45, 2.75) is 6.42 Å². The number of carbonyl (C=O) groups is 1. The highest BCUT2D eigenvalue weighted by Gasteiger charge is 2.25. The van der Waals surface area contributed by atoms with Gasteiger partial charge in [-0.05, 0) is 17.6 Å². The lowest BCUT2D eigenvalue weighted by Crippen LogP contribution is -2.40. The van der Waals surface area contributed by atoms with Crippen LogP contribution < -0.4 is 4.57 Å². The number of hydrogen-bond donors (Lipinski definition) is 0. The zero-order chi connectivity index (χ0) is 11.7. The lowest BCUT2D eigenvalue weighted by atomic mass is 10.0. The van der Waals surface area contributed by atoms with Crippen LogP contribution in [0.3, 0.4) is 0 Å². The van der Waals surface area contributed by atoms with Crippen molar-refractivity contribution in [1.29, 1.82) is 0 Å². The van der Waals surface area contributed by atoms with Crippen LogP contribution in [0, 0.1) is 0 Å². The van der Waals surface area contributed by atoms with Crippen LogP contribution in [0.4, 0.5) is 4.79 Å². The summed E-state index contributed by atoms with van der Waals surface area (Å²) in [5.41, 5.74) is 2.01. The Kier molecular flexibility index (Phi) is 2.64. The summed E-state index contributed by atoms with van der Waals surface area (Å²) >= 11 is 0. The van der Waals surface area contributed by atoms with E-state index in [2.05, 4.69) is 13.2 Å². The largest absolute Gasteiger partial charge is 0.416 e. The number of piperidine rings is 1. The highest BCUT2D eigenvalue weighted by Crippen LogP contribution is 2.19. The Morgan fingerprint density at radius 3 is 2.75 bits per heavy atom. The average Bonchev–Trinajstić information content (AvgIpc) is 2.68.